The van der Waals surface area contributed by atoms with Crippen LogP contribution in [0, 0.1) is 17.1 Å². The Morgan fingerprint density at radius 1 is 1.36 bits per heavy atom. The van der Waals surface area contributed by atoms with E-state index in [1.807, 2.05) is 17.9 Å². The summed E-state index contributed by atoms with van der Waals surface area (Å²) in [5.41, 5.74) is 0.960. The molecule has 0 unspecified atom stereocenters. The van der Waals surface area contributed by atoms with Crippen molar-refractivity contribution in [2.75, 3.05) is 44.2 Å². The van der Waals surface area contributed by atoms with Gasteiger partial charge in [0.2, 0.25) is 11.8 Å². The monoisotopic (exact) mass is 344 g/mol. The summed E-state index contributed by atoms with van der Waals surface area (Å²) >= 11 is 0. The molecule has 0 atom stereocenters. The molecule has 25 heavy (non-hydrogen) atoms. The topological polar surface area (TPSA) is 67.7 Å². The van der Waals surface area contributed by atoms with Crippen LogP contribution in [0.5, 0.6) is 0 Å². The molecule has 1 aliphatic rings. The molecule has 1 aliphatic heterocycles. The number of hydrogen-bond acceptors (Lipinski definition) is 4. The van der Waals surface area contributed by atoms with Crippen LogP contribution in [0.4, 0.5) is 10.1 Å². The van der Waals surface area contributed by atoms with Gasteiger partial charge in [0.1, 0.15) is 11.9 Å². The third-order valence-corrected chi connectivity index (χ3v) is 4.25. The number of carbonyl (C=O) groups excluding carboxylic acids is 2. The van der Waals surface area contributed by atoms with Gasteiger partial charge in [-0.15, -0.1) is 0 Å². The van der Waals surface area contributed by atoms with Gasteiger partial charge in [-0.2, -0.15) is 5.26 Å². The number of nitriles is 1. The highest BCUT2D eigenvalue weighted by molar-refractivity contribution is 5.91. The Morgan fingerprint density at radius 3 is 2.60 bits per heavy atom. The van der Waals surface area contributed by atoms with Crippen LogP contribution < -0.4 is 4.90 Å². The normalized spacial score (nSPS) is 14.0. The smallest absolute Gasteiger partial charge is 0.246 e. The second-order valence-electron chi connectivity index (χ2n) is 5.70. The second kappa shape index (κ2) is 8.29. The van der Waals surface area contributed by atoms with Crippen LogP contribution in [-0.4, -0.2) is 60.9 Å². The number of amides is 2. The molecule has 0 radical (unpaired) electrons. The fourth-order valence-corrected chi connectivity index (χ4v) is 2.81. The molecule has 1 aromatic rings. The van der Waals surface area contributed by atoms with Crippen molar-refractivity contribution >= 4 is 17.5 Å². The lowest BCUT2D eigenvalue weighted by Gasteiger charge is -2.37. The average molecular weight is 344 g/mol. The molecule has 132 valence electrons. The number of anilines is 1. The van der Waals surface area contributed by atoms with Crippen LogP contribution in [0.25, 0.3) is 0 Å². The first-order chi connectivity index (χ1) is 12.0. The van der Waals surface area contributed by atoms with Crippen LogP contribution in [0.3, 0.4) is 0 Å². The van der Waals surface area contributed by atoms with E-state index in [4.69, 9.17) is 5.26 Å². The number of piperazine rings is 1. The molecular weight excluding hydrogens is 323 g/mol. The second-order valence-corrected chi connectivity index (χ2v) is 5.70. The third kappa shape index (κ3) is 4.35. The standard InChI is InChI=1S/C18H21FN4O2/c1-3-17(24)21(4-2)13-18(25)23-9-7-22(8-10-23)16-6-5-15(19)11-14(16)12-20/h3,5-6,11H,1,4,7-10,13H2,2H3. The zero-order valence-electron chi connectivity index (χ0n) is 14.2. The van der Waals surface area contributed by atoms with Crippen molar-refractivity contribution in [1.82, 2.24) is 9.80 Å². The third-order valence-electron chi connectivity index (χ3n) is 4.25. The SMILES string of the molecule is C=CC(=O)N(CC)CC(=O)N1CCN(c2ccc(F)cc2C#N)CC1. The van der Waals surface area contributed by atoms with Crippen LogP contribution in [0.1, 0.15) is 12.5 Å². The van der Waals surface area contributed by atoms with Crippen molar-refractivity contribution < 1.29 is 14.0 Å². The van der Waals surface area contributed by atoms with E-state index in [2.05, 4.69) is 6.58 Å². The van der Waals surface area contributed by atoms with E-state index in [1.54, 1.807) is 11.0 Å². The molecule has 2 amide bonds. The first-order valence-electron chi connectivity index (χ1n) is 8.13. The molecule has 1 heterocycles. The van der Waals surface area contributed by atoms with E-state index in [1.165, 1.54) is 23.1 Å². The summed E-state index contributed by atoms with van der Waals surface area (Å²) < 4.78 is 13.3. The minimum Gasteiger partial charge on any atom is -0.367 e. The predicted octanol–water partition coefficient (Wildman–Crippen LogP) is 1.38. The largest absolute Gasteiger partial charge is 0.367 e. The summed E-state index contributed by atoms with van der Waals surface area (Å²) in [4.78, 5) is 29.1. The molecule has 0 aliphatic carbocycles. The van der Waals surface area contributed by atoms with Gasteiger partial charge in [0, 0.05) is 32.7 Å². The Bertz CT molecular complexity index is 706. The Kier molecular flexibility index (Phi) is 6.12. The summed E-state index contributed by atoms with van der Waals surface area (Å²) in [6.45, 7) is 7.79. The lowest BCUT2D eigenvalue weighted by molar-refractivity contribution is -0.138. The highest BCUT2D eigenvalue weighted by Crippen LogP contribution is 2.22. The molecule has 0 saturated carbocycles. The molecule has 1 fully saturated rings. The average Bonchev–Trinajstić information content (AvgIpc) is 2.65. The predicted molar refractivity (Wildman–Crippen MR) is 92.4 cm³/mol. The van der Waals surface area contributed by atoms with E-state index < -0.39 is 5.82 Å². The molecule has 1 saturated heterocycles. The molecular formula is C18H21FN4O2. The zero-order chi connectivity index (χ0) is 18.4. The van der Waals surface area contributed by atoms with Gasteiger partial charge in [0.15, 0.2) is 0 Å². The van der Waals surface area contributed by atoms with E-state index in [9.17, 15) is 14.0 Å². The highest BCUT2D eigenvalue weighted by Gasteiger charge is 2.24. The van der Waals surface area contributed by atoms with Gasteiger partial charge in [-0.25, -0.2) is 4.39 Å². The minimum atomic E-state index is -0.444. The minimum absolute atomic E-state index is 0.0291. The number of nitrogens with zero attached hydrogens (tertiary/aromatic N) is 4. The van der Waals surface area contributed by atoms with E-state index >= 15 is 0 Å². The van der Waals surface area contributed by atoms with E-state index in [0.717, 1.165) is 0 Å². The maximum Gasteiger partial charge on any atom is 0.246 e. The molecule has 1 aromatic carbocycles. The Balaban J connectivity index is 1.98. The van der Waals surface area contributed by atoms with Gasteiger partial charge < -0.3 is 14.7 Å². The Labute approximate surface area is 146 Å². The lowest BCUT2D eigenvalue weighted by atomic mass is 10.1. The molecule has 0 N–H and O–H groups in total. The maximum absolute atomic E-state index is 13.3. The summed E-state index contributed by atoms with van der Waals surface area (Å²) in [7, 11) is 0. The van der Waals surface area contributed by atoms with Gasteiger partial charge in [-0.3, -0.25) is 9.59 Å². The molecule has 0 spiro atoms. The maximum atomic E-state index is 13.3. The first kappa shape index (κ1) is 18.5. The number of benzene rings is 1. The van der Waals surface area contributed by atoms with Crippen LogP contribution in [-0.2, 0) is 9.59 Å². The van der Waals surface area contributed by atoms with E-state index in [-0.39, 0.29) is 23.9 Å². The summed E-state index contributed by atoms with van der Waals surface area (Å²) in [5, 5.41) is 9.16. The Hall–Kier alpha value is -2.88. The highest BCUT2D eigenvalue weighted by atomic mass is 19.1. The van der Waals surface area contributed by atoms with Crippen LogP contribution >= 0.6 is 0 Å². The summed E-state index contributed by atoms with van der Waals surface area (Å²) in [6, 6.07) is 6.14. The van der Waals surface area contributed by atoms with Crippen molar-refractivity contribution in [2.24, 2.45) is 0 Å². The van der Waals surface area contributed by atoms with Gasteiger partial charge in [0.25, 0.3) is 0 Å². The van der Waals surface area contributed by atoms with Crippen molar-refractivity contribution in [2.45, 2.75) is 6.92 Å². The molecule has 0 aromatic heterocycles. The molecule has 7 heteroatoms. The van der Waals surface area contributed by atoms with Crippen molar-refractivity contribution in [1.29, 1.82) is 5.26 Å². The zero-order valence-corrected chi connectivity index (χ0v) is 14.2. The fraction of sp³-hybridized carbons (Fsp3) is 0.389. The van der Waals surface area contributed by atoms with Gasteiger partial charge in [0.05, 0.1) is 17.8 Å². The number of likely N-dealkylation sites (N-methyl/N-ethyl adjacent to an activating group) is 1. The first-order valence-corrected chi connectivity index (χ1v) is 8.13. The number of halogens is 1. The molecule has 6 nitrogen and oxygen atoms in total. The number of rotatable bonds is 5. The van der Waals surface area contributed by atoms with Crippen LogP contribution in [0.15, 0.2) is 30.9 Å². The summed E-state index contributed by atoms with van der Waals surface area (Å²) in [6.07, 6.45) is 1.20. The van der Waals surface area contributed by atoms with Crippen molar-refractivity contribution in [3.8, 4) is 6.07 Å². The lowest BCUT2D eigenvalue weighted by Crippen LogP contribution is -2.52. The van der Waals surface area contributed by atoms with Gasteiger partial charge >= 0.3 is 0 Å². The van der Waals surface area contributed by atoms with Crippen molar-refractivity contribution in [3.05, 3.63) is 42.2 Å². The van der Waals surface area contributed by atoms with Gasteiger partial charge in [-0.05, 0) is 31.2 Å². The van der Waals surface area contributed by atoms with E-state index in [0.29, 0.717) is 38.4 Å². The fourth-order valence-electron chi connectivity index (χ4n) is 2.81. The quantitative estimate of drug-likeness (QED) is 0.757. The van der Waals surface area contributed by atoms with Crippen molar-refractivity contribution in [3.63, 3.8) is 0 Å². The van der Waals surface area contributed by atoms with Gasteiger partial charge in [-0.1, -0.05) is 6.58 Å². The molecule has 0 bridgehead atoms. The number of carbonyl (C=O) groups is 2. The van der Waals surface area contributed by atoms with Crippen LogP contribution in [0.2, 0.25) is 0 Å². The Morgan fingerprint density at radius 2 is 2.04 bits per heavy atom. The summed E-state index contributed by atoms with van der Waals surface area (Å²) in [5.74, 6) is -0.823. The number of hydrogen-bond donors (Lipinski definition) is 0. The molecule has 2 rings (SSSR count).